The largest absolute Gasteiger partial charge is 0.497 e. The van der Waals surface area contributed by atoms with Crippen LogP contribution in [-0.4, -0.2) is 12.9 Å². The molecule has 2 nitrogen and oxygen atoms in total. The highest BCUT2D eigenvalue weighted by atomic mass is 79.9. The van der Waals surface area contributed by atoms with Crippen molar-refractivity contribution in [2.45, 2.75) is 25.7 Å². The second kappa shape index (κ2) is 7.41. The Bertz CT molecular complexity index is 622. The van der Waals surface area contributed by atoms with Crippen LogP contribution in [0.2, 0.25) is 0 Å². The van der Waals surface area contributed by atoms with E-state index in [1.807, 2.05) is 36.4 Å². The summed E-state index contributed by atoms with van der Waals surface area (Å²) in [6.45, 7) is 2.11. The molecule has 2 aromatic rings. The van der Waals surface area contributed by atoms with Crippen LogP contribution in [0.15, 0.2) is 53.0 Å². The van der Waals surface area contributed by atoms with E-state index in [0.29, 0.717) is 12.0 Å². The highest BCUT2D eigenvalue weighted by Gasteiger charge is 2.17. The first-order valence-corrected chi connectivity index (χ1v) is 7.86. The monoisotopic (exact) mass is 346 g/mol. The molecule has 0 saturated heterocycles. The minimum atomic E-state index is 0.150. The third-order valence-electron chi connectivity index (χ3n) is 3.66. The number of rotatable bonds is 6. The smallest absolute Gasteiger partial charge is 0.163 e. The SMILES string of the molecule is CC[C@@H](CC(=O)c1cccc(OC)c1)c1ccccc1Br. The molecule has 0 heterocycles. The van der Waals surface area contributed by atoms with Crippen LogP contribution in [0.3, 0.4) is 0 Å². The van der Waals surface area contributed by atoms with Gasteiger partial charge in [0.05, 0.1) is 7.11 Å². The van der Waals surface area contributed by atoms with Crippen molar-refractivity contribution in [2.75, 3.05) is 7.11 Å². The van der Waals surface area contributed by atoms with Crippen LogP contribution in [0, 0.1) is 0 Å². The average molecular weight is 347 g/mol. The summed E-state index contributed by atoms with van der Waals surface area (Å²) >= 11 is 3.58. The summed E-state index contributed by atoms with van der Waals surface area (Å²) in [5, 5.41) is 0. The molecule has 0 aliphatic heterocycles. The molecule has 0 aliphatic carbocycles. The van der Waals surface area contributed by atoms with E-state index in [1.54, 1.807) is 13.2 Å². The standard InChI is InChI=1S/C18H19BrO2/c1-3-13(16-9-4-5-10-17(16)19)12-18(20)14-7-6-8-15(11-14)21-2/h4-11,13H,3,12H2,1-2H3/t13-/m0/s1. The first-order valence-electron chi connectivity index (χ1n) is 7.07. The van der Waals surface area contributed by atoms with E-state index in [-0.39, 0.29) is 11.7 Å². The molecule has 0 N–H and O–H groups in total. The molecule has 110 valence electrons. The van der Waals surface area contributed by atoms with Gasteiger partial charge in [0, 0.05) is 16.5 Å². The van der Waals surface area contributed by atoms with Crippen LogP contribution in [0.25, 0.3) is 0 Å². The Balaban J connectivity index is 2.18. The molecule has 0 bridgehead atoms. The Hall–Kier alpha value is -1.61. The van der Waals surface area contributed by atoms with E-state index >= 15 is 0 Å². The van der Waals surface area contributed by atoms with Gasteiger partial charge in [-0.2, -0.15) is 0 Å². The fourth-order valence-corrected chi connectivity index (χ4v) is 3.03. The molecule has 0 fully saturated rings. The van der Waals surface area contributed by atoms with Crippen LogP contribution in [0.4, 0.5) is 0 Å². The molecule has 1 atom stereocenters. The molecular formula is C18H19BrO2. The van der Waals surface area contributed by atoms with Crippen LogP contribution in [0.1, 0.15) is 41.6 Å². The number of ether oxygens (including phenoxy) is 1. The molecule has 3 heteroatoms. The summed E-state index contributed by atoms with van der Waals surface area (Å²) in [5.74, 6) is 1.09. The van der Waals surface area contributed by atoms with Gasteiger partial charge in [0.15, 0.2) is 5.78 Å². The van der Waals surface area contributed by atoms with Crippen LogP contribution in [0.5, 0.6) is 5.75 Å². The van der Waals surface area contributed by atoms with Crippen LogP contribution in [-0.2, 0) is 0 Å². The Morgan fingerprint density at radius 2 is 1.95 bits per heavy atom. The number of carbonyl (C=O) groups excluding carboxylic acids is 1. The van der Waals surface area contributed by atoms with Gasteiger partial charge in [-0.25, -0.2) is 0 Å². The maximum atomic E-state index is 12.5. The summed E-state index contributed by atoms with van der Waals surface area (Å²) < 4.78 is 6.25. The van der Waals surface area contributed by atoms with E-state index in [0.717, 1.165) is 16.6 Å². The van der Waals surface area contributed by atoms with Gasteiger partial charge in [-0.05, 0) is 36.1 Å². The average Bonchev–Trinajstić information content (AvgIpc) is 2.53. The molecule has 2 rings (SSSR count). The van der Waals surface area contributed by atoms with Crippen LogP contribution >= 0.6 is 15.9 Å². The second-order valence-electron chi connectivity index (χ2n) is 4.99. The Morgan fingerprint density at radius 3 is 2.62 bits per heavy atom. The zero-order chi connectivity index (χ0) is 15.2. The third kappa shape index (κ3) is 3.94. The molecule has 0 aromatic heterocycles. The van der Waals surface area contributed by atoms with Crippen molar-refractivity contribution >= 4 is 21.7 Å². The minimum absolute atomic E-state index is 0.150. The molecule has 0 spiro atoms. The van der Waals surface area contributed by atoms with E-state index in [4.69, 9.17) is 4.74 Å². The maximum absolute atomic E-state index is 12.5. The first kappa shape index (κ1) is 15.8. The topological polar surface area (TPSA) is 26.3 Å². The fourth-order valence-electron chi connectivity index (χ4n) is 2.42. The quantitative estimate of drug-likeness (QED) is 0.670. The van der Waals surface area contributed by atoms with Crippen molar-refractivity contribution in [3.05, 3.63) is 64.1 Å². The number of hydrogen-bond acceptors (Lipinski definition) is 2. The number of halogens is 1. The Kier molecular flexibility index (Phi) is 5.57. The molecule has 0 unspecified atom stereocenters. The van der Waals surface area contributed by atoms with Gasteiger partial charge in [-0.3, -0.25) is 4.79 Å². The predicted molar refractivity (Wildman–Crippen MR) is 89.1 cm³/mol. The molecule has 0 radical (unpaired) electrons. The molecule has 0 saturated carbocycles. The Morgan fingerprint density at radius 1 is 1.19 bits per heavy atom. The van der Waals surface area contributed by atoms with Crippen LogP contribution < -0.4 is 4.74 Å². The zero-order valence-electron chi connectivity index (χ0n) is 12.3. The van der Waals surface area contributed by atoms with Crippen molar-refractivity contribution in [1.82, 2.24) is 0 Å². The van der Waals surface area contributed by atoms with Crippen molar-refractivity contribution in [1.29, 1.82) is 0 Å². The van der Waals surface area contributed by atoms with Crippen molar-refractivity contribution in [3.63, 3.8) is 0 Å². The molecule has 21 heavy (non-hydrogen) atoms. The summed E-state index contributed by atoms with van der Waals surface area (Å²) in [7, 11) is 1.61. The highest BCUT2D eigenvalue weighted by Crippen LogP contribution is 2.31. The number of ketones is 1. The first-order chi connectivity index (χ1) is 10.2. The van der Waals surface area contributed by atoms with Crippen molar-refractivity contribution < 1.29 is 9.53 Å². The highest BCUT2D eigenvalue weighted by molar-refractivity contribution is 9.10. The van der Waals surface area contributed by atoms with Gasteiger partial charge in [0.1, 0.15) is 5.75 Å². The summed E-state index contributed by atoms with van der Waals surface area (Å²) in [6.07, 6.45) is 1.44. The Labute approximate surface area is 134 Å². The van der Waals surface area contributed by atoms with Gasteiger partial charge in [-0.15, -0.1) is 0 Å². The van der Waals surface area contributed by atoms with Crippen molar-refractivity contribution in [3.8, 4) is 5.75 Å². The van der Waals surface area contributed by atoms with E-state index in [9.17, 15) is 4.79 Å². The second-order valence-corrected chi connectivity index (χ2v) is 5.84. The minimum Gasteiger partial charge on any atom is -0.497 e. The van der Waals surface area contributed by atoms with Crippen molar-refractivity contribution in [2.24, 2.45) is 0 Å². The lowest BCUT2D eigenvalue weighted by Crippen LogP contribution is -2.08. The fraction of sp³-hybridized carbons (Fsp3) is 0.278. The summed E-state index contributed by atoms with van der Waals surface area (Å²) in [6, 6.07) is 15.5. The molecule has 0 aliphatic rings. The number of benzene rings is 2. The maximum Gasteiger partial charge on any atom is 0.163 e. The molecular weight excluding hydrogens is 328 g/mol. The summed E-state index contributed by atoms with van der Waals surface area (Å²) in [4.78, 5) is 12.5. The normalized spacial score (nSPS) is 12.0. The zero-order valence-corrected chi connectivity index (χ0v) is 13.9. The lowest BCUT2D eigenvalue weighted by molar-refractivity contribution is 0.0972. The van der Waals surface area contributed by atoms with E-state index in [2.05, 4.69) is 28.9 Å². The molecule has 0 amide bonds. The lowest BCUT2D eigenvalue weighted by Gasteiger charge is -2.16. The van der Waals surface area contributed by atoms with E-state index in [1.165, 1.54) is 5.56 Å². The van der Waals surface area contributed by atoms with Gasteiger partial charge < -0.3 is 4.74 Å². The van der Waals surface area contributed by atoms with Gasteiger partial charge in [-0.1, -0.05) is 53.2 Å². The van der Waals surface area contributed by atoms with Gasteiger partial charge in [0.2, 0.25) is 0 Å². The number of Topliss-reactive ketones (excluding diaryl/α,β-unsaturated/α-hetero) is 1. The number of methoxy groups -OCH3 is 1. The predicted octanol–water partition coefficient (Wildman–Crippen LogP) is 5.22. The number of carbonyl (C=O) groups is 1. The third-order valence-corrected chi connectivity index (χ3v) is 4.38. The van der Waals surface area contributed by atoms with Gasteiger partial charge in [0.25, 0.3) is 0 Å². The molecule has 2 aromatic carbocycles. The summed E-state index contributed by atoms with van der Waals surface area (Å²) in [5.41, 5.74) is 1.90. The van der Waals surface area contributed by atoms with Gasteiger partial charge >= 0.3 is 0 Å². The van der Waals surface area contributed by atoms with E-state index < -0.39 is 0 Å². The lowest BCUT2D eigenvalue weighted by atomic mass is 9.89. The number of hydrogen-bond donors (Lipinski definition) is 0.